The second-order valence-corrected chi connectivity index (χ2v) is 9.07. The molecule has 6 heteroatoms. The van der Waals surface area contributed by atoms with Crippen molar-refractivity contribution in [3.05, 3.63) is 35.4 Å². The largest absolute Gasteiger partial charge is 0.339 e. The minimum absolute atomic E-state index is 0. The Balaban J connectivity index is 0.00000208. The first-order chi connectivity index (χ1) is 11.3. The Labute approximate surface area is 160 Å². The molecule has 0 aliphatic carbocycles. The first-order valence-electron chi connectivity index (χ1n) is 8.55. The van der Waals surface area contributed by atoms with Gasteiger partial charge in [-0.15, -0.1) is 35.9 Å². The maximum atomic E-state index is 12.7. The Kier molecular flexibility index (Phi) is 8.28. The van der Waals surface area contributed by atoms with E-state index in [1.807, 2.05) is 47.6 Å². The van der Waals surface area contributed by atoms with Gasteiger partial charge in [-0.3, -0.25) is 4.79 Å². The van der Waals surface area contributed by atoms with Gasteiger partial charge in [0.1, 0.15) is 0 Å². The number of likely N-dealkylation sites (tertiary alicyclic amines) is 1. The van der Waals surface area contributed by atoms with E-state index in [-0.39, 0.29) is 18.3 Å². The van der Waals surface area contributed by atoms with Crippen molar-refractivity contribution < 1.29 is 4.79 Å². The number of piperidine rings is 1. The van der Waals surface area contributed by atoms with Gasteiger partial charge in [-0.1, -0.05) is 12.1 Å². The van der Waals surface area contributed by atoms with E-state index in [0.717, 1.165) is 38.0 Å². The van der Waals surface area contributed by atoms with Crippen molar-refractivity contribution in [1.29, 1.82) is 0 Å². The van der Waals surface area contributed by atoms with Gasteiger partial charge in [0.05, 0.1) is 4.58 Å². The average molecular weight is 387 g/mol. The number of hydrogen-bond donors (Lipinski definition) is 1. The van der Waals surface area contributed by atoms with Crippen molar-refractivity contribution >= 4 is 41.8 Å². The summed E-state index contributed by atoms with van der Waals surface area (Å²) in [5.74, 6) is 3.41. The summed E-state index contributed by atoms with van der Waals surface area (Å²) < 4.78 is 0.546. The second kappa shape index (κ2) is 9.95. The predicted molar refractivity (Wildman–Crippen MR) is 109 cm³/mol. The topological polar surface area (TPSA) is 32.3 Å². The molecule has 0 spiro atoms. The van der Waals surface area contributed by atoms with E-state index in [1.165, 1.54) is 23.5 Å². The smallest absolute Gasteiger partial charge is 0.253 e. The number of rotatable bonds is 4. The summed E-state index contributed by atoms with van der Waals surface area (Å²) in [6.07, 6.45) is 3.53. The molecule has 2 saturated heterocycles. The number of halogens is 1. The maximum absolute atomic E-state index is 12.7. The average Bonchev–Trinajstić information content (AvgIpc) is 2.63. The summed E-state index contributed by atoms with van der Waals surface area (Å²) in [4.78, 5) is 14.7. The molecule has 2 fully saturated rings. The van der Waals surface area contributed by atoms with Crippen LogP contribution in [0.25, 0.3) is 0 Å². The Hall–Kier alpha value is -0.360. The van der Waals surface area contributed by atoms with Crippen molar-refractivity contribution in [3.8, 4) is 0 Å². The van der Waals surface area contributed by atoms with Gasteiger partial charge in [0.25, 0.3) is 5.91 Å². The van der Waals surface area contributed by atoms with Crippen LogP contribution in [0.15, 0.2) is 24.3 Å². The third-order valence-electron chi connectivity index (χ3n) is 4.65. The van der Waals surface area contributed by atoms with Crippen LogP contribution in [-0.4, -0.2) is 49.0 Å². The van der Waals surface area contributed by atoms with Crippen molar-refractivity contribution in [3.63, 3.8) is 0 Å². The van der Waals surface area contributed by atoms with Crippen LogP contribution < -0.4 is 5.32 Å². The zero-order valence-electron chi connectivity index (χ0n) is 14.2. The summed E-state index contributed by atoms with van der Waals surface area (Å²) >= 11 is 4.05. The Bertz CT molecular complexity index is 512. The van der Waals surface area contributed by atoms with Gasteiger partial charge in [-0.25, -0.2) is 0 Å². The van der Waals surface area contributed by atoms with Crippen LogP contribution in [0.3, 0.4) is 0 Å². The number of hydrogen-bond acceptors (Lipinski definition) is 4. The Morgan fingerprint density at radius 1 is 1.17 bits per heavy atom. The van der Waals surface area contributed by atoms with E-state index < -0.39 is 0 Å². The van der Waals surface area contributed by atoms with Crippen LogP contribution in [0.4, 0.5) is 0 Å². The lowest BCUT2D eigenvalue weighted by atomic mass is 9.96. The fraction of sp³-hybridized carbons (Fsp3) is 0.611. The number of carbonyl (C=O) groups excluding carboxylic acids is 1. The third kappa shape index (κ3) is 5.07. The zero-order chi connectivity index (χ0) is 16.1. The van der Waals surface area contributed by atoms with Gasteiger partial charge in [0.2, 0.25) is 0 Å². The molecule has 1 amide bonds. The highest BCUT2D eigenvalue weighted by Crippen LogP contribution is 2.43. The summed E-state index contributed by atoms with van der Waals surface area (Å²) in [6, 6.07) is 8.34. The predicted octanol–water partition coefficient (Wildman–Crippen LogP) is 4.05. The lowest BCUT2D eigenvalue weighted by Crippen LogP contribution is -2.40. The molecule has 0 aromatic heterocycles. The molecule has 3 rings (SSSR count). The summed E-state index contributed by atoms with van der Waals surface area (Å²) in [6.45, 7) is 2.84. The summed E-state index contributed by atoms with van der Waals surface area (Å²) in [5.41, 5.74) is 2.19. The van der Waals surface area contributed by atoms with Gasteiger partial charge in [-0.05, 0) is 68.0 Å². The first kappa shape index (κ1) is 20.0. The van der Waals surface area contributed by atoms with Crippen molar-refractivity contribution in [2.75, 3.05) is 38.2 Å². The number of benzene rings is 1. The number of thioether (sulfide) groups is 2. The number of amides is 1. The molecule has 1 N–H and O–H groups in total. The molecule has 0 unspecified atom stereocenters. The first-order valence-corrected chi connectivity index (χ1v) is 10.6. The number of nitrogens with zero attached hydrogens (tertiary/aromatic N) is 1. The maximum Gasteiger partial charge on any atom is 0.253 e. The fourth-order valence-electron chi connectivity index (χ4n) is 3.27. The van der Waals surface area contributed by atoms with Crippen molar-refractivity contribution in [2.45, 2.75) is 23.8 Å². The van der Waals surface area contributed by atoms with Gasteiger partial charge in [-0.2, -0.15) is 0 Å². The number of carbonyl (C=O) groups is 1. The van der Waals surface area contributed by atoms with Crippen molar-refractivity contribution in [1.82, 2.24) is 10.2 Å². The van der Waals surface area contributed by atoms with E-state index in [2.05, 4.69) is 17.4 Å². The SMILES string of the molecule is CNCC1CCN(C(=O)c2ccc(C3SCCCS3)cc2)CC1.Cl. The zero-order valence-corrected chi connectivity index (χ0v) is 16.7. The summed E-state index contributed by atoms with van der Waals surface area (Å²) in [5, 5.41) is 3.24. The molecular formula is C18H27ClN2OS2. The molecule has 0 radical (unpaired) electrons. The van der Waals surface area contributed by atoms with E-state index in [4.69, 9.17) is 0 Å². The molecule has 134 valence electrons. The molecule has 3 nitrogen and oxygen atoms in total. The molecule has 0 saturated carbocycles. The monoisotopic (exact) mass is 386 g/mol. The van der Waals surface area contributed by atoms with Crippen LogP contribution in [-0.2, 0) is 0 Å². The highest BCUT2D eigenvalue weighted by atomic mass is 35.5. The van der Waals surface area contributed by atoms with Gasteiger partial charge in [0.15, 0.2) is 0 Å². The minimum Gasteiger partial charge on any atom is -0.339 e. The normalized spacial score (nSPS) is 19.8. The highest BCUT2D eigenvalue weighted by Gasteiger charge is 2.23. The van der Waals surface area contributed by atoms with Crippen LogP contribution in [0.5, 0.6) is 0 Å². The van der Waals surface area contributed by atoms with Gasteiger partial charge < -0.3 is 10.2 Å². The quantitative estimate of drug-likeness (QED) is 0.846. The second-order valence-electron chi connectivity index (χ2n) is 6.34. The molecule has 1 aromatic carbocycles. The van der Waals surface area contributed by atoms with E-state index >= 15 is 0 Å². The van der Waals surface area contributed by atoms with Crippen LogP contribution in [0, 0.1) is 5.92 Å². The minimum atomic E-state index is 0. The molecule has 2 aliphatic rings. The highest BCUT2D eigenvalue weighted by molar-refractivity contribution is 8.16. The number of nitrogens with one attached hydrogen (secondary N) is 1. The van der Waals surface area contributed by atoms with Crippen LogP contribution in [0.2, 0.25) is 0 Å². The van der Waals surface area contributed by atoms with Crippen LogP contribution in [0.1, 0.15) is 39.8 Å². The van der Waals surface area contributed by atoms with Gasteiger partial charge in [0, 0.05) is 18.7 Å². The lowest BCUT2D eigenvalue weighted by Gasteiger charge is -2.32. The lowest BCUT2D eigenvalue weighted by molar-refractivity contribution is 0.0691. The van der Waals surface area contributed by atoms with E-state index in [9.17, 15) is 4.79 Å². The molecule has 1 aromatic rings. The molecule has 0 atom stereocenters. The van der Waals surface area contributed by atoms with Gasteiger partial charge >= 0.3 is 0 Å². The third-order valence-corrected chi connectivity index (χ3v) is 7.67. The molecule has 24 heavy (non-hydrogen) atoms. The van der Waals surface area contributed by atoms with E-state index in [1.54, 1.807) is 0 Å². The molecule has 0 bridgehead atoms. The fourth-order valence-corrected chi connectivity index (χ4v) is 6.17. The molecular weight excluding hydrogens is 360 g/mol. The standard InChI is InChI=1S/C18H26N2OS2.ClH/c1-19-13-14-7-9-20(10-8-14)17(21)15-3-5-16(6-4-15)18-22-11-2-12-23-18;/h3-6,14,18-19H,2,7-13H2,1H3;1H. The Morgan fingerprint density at radius 3 is 2.38 bits per heavy atom. The molecule has 2 aliphatic heterocycles. The van der Waals surface area contributed by atoms with Crippen LogP contribution >= 0.6 is 35.9 Å². The Morgan fingerprint density at radius 2 is 1.79 bits per heavy atom. The molecule has 2 heterocycles. The van der Waals surface area contributed by atoms with E-state index in [0.29, 0.717) is 10.5 Å². The van der Waals surface area contributed by atoms with Crippen molar-refractivity contribution in [2.24, 2.45) is 5.92 Å². The summed E-state index contributed by atoms with van der Waals surface area (Å²) in [7, 11) is 2.00.